The van der Waals surface area contributed by atoms with E-state index in [-0.39, 0.29) is 18.3 Å². The van der Waals surface area contributed by atoms with Crippen LogP contribution in [0.15, 0.2) is 18.2 Å². The lowest BCUT2D eigenvalue weighted by Gasteiger charge is -2.15. The summed E-state index contributed by atoms with van der Waals surface area (Å²) in [5.41, 5.74) is 6.18. The molecule has 0 heterocycles. The van der Waals surface area contributed by atoms with Gasteiger partial charge in [0.05, 0.1) is 11.0 Å². The van der Waals surface area contributed by atoms with Crippen molar-refractivity contribution in [2.45, 2.75) is 39.3 Å². The summed E-state index contributed by atoms with van der Waals surface area (Å²) in [5.74, 6) is 0.320. The van der Waals surface area contributed by atoms with Gasteiger partial charge in [-0.3, -0.25) is 10.1 Å². The van der Waals surface area contributed by atoms with Crippen LogP contribution < -0.4 is 10.5 Å². The van der Waals surface area contributed by atoms with Crippen molar-refractivity contribution in [2.75, 3.05) is 0 Å². The second-order valence-electron chi connectivity index (χ2n) is 3.82. The van der Waals surface area contributed by atoms with Crippen LogP contribution >= 0.6 is 0 Å². The van der Waals surface area contributed by atoms with Crippen molar-refractivity contribution < 1.29 is 9.66 Å². The topological polar surface area (TPSA) is 78.4 Å². The predicted octanol–water partition coefficient (Wildman–Crippen LogP) is 2.62. The highest BCUT2D eigenvalue weighted by Gasteiger charge is 2.18. The fourth-order valence-electron chi connectivity index (χ4n) is 1.57. The van der Waals surface area contributed by atoms with Gasteiger partial charge in [0.15, 0.2) is 5.75 Å². The molecule has 2 N–H and O–H groups in total. The molecule has 0 spiro atoms. The lowest BCUT2D eigenvalue weighted by Crippen LogP contribution is -2.14. The molecule has 0 bridgehead atoms. The van der Waals surface area contributed by atoms with E-state index in [0.717, 1.165) is 18.4 Å². The van der Waals surface area contributed by atoms with Gasteiger partial charge in [-0.25, -0.2) is 0 Å². The molecular formula is C12H18N2O3. The van der Waals surface area contributed by atoms with Gasteiger partial charge in [-0.05, 0) is 24.5 Å². The van der Waals surface area contributed by atoms with Crippen molar-refractivity contribution >= 4 is 5.69 Å². The Hall–Kier alpha value is -1.62. The highest BCUT2D eigenvalue weighted by Crippen LogP contribution is 2.29. The SMILES string of the molecule is CCC(CC)Oc1ccc(CN)cc1[N+](=O)[O-]. The Kier molecular flexibility index (Phi) is 4.90. The quantitative estimate of drug-likeness (QED) is 0.610. The van der Waals surface area contributed by atoms with E-state index >= 15 is 0 Å². The van der Waals surface area contributed by atoms with Gasteiger partial charge in [-0.1, -0.05) is 19.9 Å². The maximum Gasteiger partial charge on any atom is 0.311 e. The van der Waals surface area contributed by atoms with Crippen molar-refractivity contribution in [3.63, 3.8) is 0 Å². The van der Waals surface area contributed by atoms with E-state index in [4.69, 9.17) is 10.5 Å². The standard InChI is InChI=1S/C12H18N2O3/c1-3-10(4-2)17-12-6-5-9(8-13)7-11(12)14(15)16/h5-7,10H,3-4,8,13H2,1-2H3. The molecule has 94 valence electrons. The average molecular weight is 238 g/mol. The van der Waals surface area contributed by atoms with Crippen molar-refractivity contribution in [1.29, 1.82) is 0 Å². The van der Waals surface area contributed by atoms with Crippen LogP contribution in [0.4, 0.5) is 5.69 Å². The Morgan fingerprint density at radius 3 is 2.53 bits per heavy atom. The van der Waals surface area contributed by atoms with Crippen LogP contribution in [0.1, 0.15) is 32.3 Å². The van der Waals surface area contributed by atoms with Crippen LogP contribution in [-0.4, -0.2) is 11.0 Å². The predicted molar refractivity (Wildman–Crippen MR) is 66.0 cm³/mol. The molecule has 0 aliphatic heterocycles. The largest absolute Gasteiger partial charge is 0.484 e. The number of benzene rings is 1. The van der Waals surface area contributed by atoms with E-state index in [9.17, 15) is 10.1 Å². The Labute approximate surface area is 101 Å². The first-order chi connectivity index (χ1) is 8.12. The molecule has 5 heteroatoms. The third kappa shape index (κ3) is 3.42. The number of hydrogen-bond acceptors (Lipinski definition) is 4. The lowest BCUT2D eigenvalue weighted by atomic mass is 10.1. The second-order valence-corrected chi connectivity index (χ2v) is 3.82. The molecule has 0 unspecified atom stereocenters. The summed E-state index contributed by atoms with van der Waals surface area (Å²) in [6, 6.07) is 4.85. The Bertz CT molecular complexity index is 389. The number of nitro groups is 1. The maximum absolute atomic E-state index is 10.9. The Balaban J connectivity index is 3.01. The van der Waals surface area contributed by atoms with Gasteiger partial charge < -0.3 is 10.5 Å². The molecule has 0 radical (unpaired) electrons. The highest BCUT2D eigenvalue weighted by molar-refractivity contribution is 5.48. The summed E-state index contributed by atoms with van der Waals surface area (Å²) in [5, 5.41) is 10.9. The fourth-order valence-corrected chi connectivity index (χ4v) is 1.57. The molecule has 0 aliphatic rings. The van der Waals surface area contributed by atoms with Crippen LogP contribution in [0.5, 0.6) is 5.75 Å². The lowest BCUT2D eigenvalue weighted by molar-refractivity contribution is -0.386. The molecule has 0 aromatic heterocycles. The summed E-state index contributed by atoms with van der Waals surface area (Å²) in [6.07, 6.45) is 1.66. The molecule has 1 rings (SSSR count). The number of nitrogens with zero attached hydrogens (tertiary/aromatic N) is 1. The first-order valence-electron chi connectivity index (χ1n) is 5.76. The third-order valence-electron chi connectivity index (χ3n) is 2.66. The zero-order chi connectivity index (χ0) is 12.8. The van der Waals surface area contributed by atoms with Gasteiger partial charge in [0, 0.05) is 12.6 Å². The normalized spacial score (nSPS) is 10.6. The van der Waals surface area contributed by atoms with Crippen LogP contribution in [-0.2, 0) is 6.54 Å². The van der Waals surface area contributed by atoms with Gasteiger partial charge in [-0.2, -0.15) is 0 Å². The fraction of sp³-hybridized carbons (Fsp3) is 0.500. The maximum atomic E-state index is 10.9. The van der Waals surface area contributed by atoms with Gasteiger partial charge in [0.2, 0.25) is 0 Å². The van der Waals surface area contributed by atoms with E-state index in [1.807, 2.05) is 13.8 Å². The summed E-state index contributed by atoms with van der Waals surface area (Å²) in [4.78, 5) is 10.5. The smallest absolute Gasteiger partial charge is 0.311 e. The van der Waals surface area contributed by atoms with E-state index in [2.05, 4.69) is 0 Å². The Morgan fingerprint density at radius 2 is 2.06 bits per heavy atom. The second kappa shape index (κ2) is 6.20. The number of hydrogen-bond donors (Lipinski definition) is 1. The first kappa shape index (κ1) is 13.4. The molecule has 0 atom stereocenters. The van der Waals surface area contributed by atoms with Crippen LogP contribution in [0, 0.1) is 10.1 Å². The summed E-state index contributed by atoms with van der Waals surface area (Å²) in [6.45, 7) is 4.27. The number of ether oxygens (including phenoxy) is 1. The molecule has 17 heavy (non-hydrogen) atoms. The van der Waals surface area contributed by atoms with E-state index in [0.29, 0.717) is 5.75 Å². The first-order valence-corrected chi connectivity index (χ1v) is 5.76. The van der Waals surface area contributed by atoms with Crippen molar-refractivity contribution in [1.82, 2.24) is 0 Å². The Morgan fingerprint density at radius 1 is 1.41 bits per heavy atom. The monoisotopic (exact) mass is 238 g/mol. The summed E-state index contributed by atoms with van der Waals surface area (Å²) < 4.78 is 5.62. The molecule has 5 nitrogen and oxygen atoms in total. The minimum Gasteiger partial charge on any atom is -0.484 e. The van der Waals surface area contributed by atoms with Gasteiger partial charge in [-0.15, -0.1) is 0 Å². The van der Waals surface area contributed by atoms with E-state index < -0.39 is 4.92 Å². The molecule has 0 amide bonds. The van der Waals surface area contributed by atoms with E-state index in [1.165, 1.54) is 6.07 Å². The molecule has 0 aliphatic carbocycles. The zero-order valence-corrected chi connectivity index (χ0v) is 10.2. The third-order valence-corrected chi connectivity index (χ3v) is 2.66. The average Bonchev–Trinajstić information content (AvgIpc) is 2.35. The number of nitrogens with two attached hydrogens (primary N) is 1. The van der Waals surface area contributed by atoms with Gasteiger partial charge in [0.25, 0.3) is 0 Å². The van der Waals surface area contributed by atoms with Crippen LogP contribution in [0.25, 0.3) is 0 Å². The summed E-state index contributed by atoms with van der Waals surface area (Å²) >= 11 is 0. The molecule has 0 saturated heterocycles. The summed E-state index contributed by atoms with van der Waals surface area (Å²) in [7, 11) is 0. The number of rotatable bonds is 6. The highest BCUT2D eigenvalue weighted by atomic mass is 16.6. The molecule has 1 aromatic rings. The molecule has 0 saturated carbocycles. The molecular weight excluding hydrogens is 220 g/mol. The van der Waals surface area contributed by atoms with Gasteiger partial charge >= 0.3 is 5.69 Å². The van der Waals surface area contributed by atoms with Crippen LogP contribution in [0.3, 0.4) is 0 Å². The van der Waals surface area contributed by atoms with Crippen LogP contribution in [0.2, 0.25) is 0 Å². The minimum absolute atomic E-state index is 0.0115. The van der Waals surface area contributed by atoms with Gasteiger partial charge in [0.1, 0.15) is 0 Å². The number of nitro benzene ring substituents is 1. The minimum atomic E-state index is -0.434. The van der Waals surface area contributed by atoms with Crippen molar-refractivity contribution in [3.8, 4) is 5.75 Å². The van der Waals surface area contributed by atoms with Crippen molar-refractivity contribution in [2.24, 2.45) is 5.73 Å². The zero-order valence-electron chi connectivity index (χ0n) is 10.2. The molecule has 0 fully saturated rings. The molecule has 1 aromatic carbocycles. The van der Waals surface area contributed by atoms with E-state index in [1.54, 1.807) is 12.1 Å². The van der Waals surface area contributed by atoms with Crippen molar-refractivity contribution in [3.05, 3.63) is 33.9 Å².